The van der Waals surface area contributed by atoms with Crippen LogP contribution in [0.2, 0.25) is 0 Å². The quantitative estimate of drug-likeness (QED) is 0.210. The van der Waals surface area contributed by atoms with Gasteiger partial charge < -0.3 is 4.74 Å². The summed E-state index contributed by atoms with van der Waals surface area (Å²) in [4.78, 5) is 9.10. The van der Waals surface area contributed by atoms with Gasteiger partial charge in [-0.25, -0.2) is 14.4 Å². The highest BCUT2D eigenvalue weighted by molar-refractivity contribution is 5.55. The number of hydrogen-bond donors (Lipinski definition) is 0. The number of benzene rings is 1. The Morgan fingerprint density at radius 1 is 0.818 bits per heavy atom. The molecular weight excluding hydrogens is 411 g/mol. The van der Waals surface area contributed by atoms with Crippen molar-refractivity contribution in [2.45, 2.75) is 110 Å². The topological polar surface area (TPSA) is 35.0 Å². The average Bonchev–Trinajstić information content (AvgIpc) is 2.84. The molecule has 2 unspecified atom stereocenters. The maximum absolute atomic E-state index is 14.0. The highest BCUT2D eigenvalue weighted by atomic mass is 19.1. The zero-order chi connectivity index (χ0) is 23.7. The minimum atomic E-state index is -0.777. The summed E-state index contributed by atoms with van der Waals surface area (Å²) in [6.07, 6.45) is 17.7. The minimum absolute atomic E-state index is 0.410. The molecule has 0 N–H and O–H groups in total. The van der Waals surface area contributed by atoms with Crippen molar-refractivity contribution in [3.05, 3.63) is 42.2 Å². The fourth-order valence-corrected chi connectivity index (χ4v) is 3.96. The molecule has 0 spiro atoms. The van der Waals surface area contributed by atoms with Gasteiger partial charge in [-0.15, -0.1) is 0 Å². The second-order valence-corrected chi connectivity index (χ2v) is 9.49. The van der Waals surface area contributed by atoms with E-state index in [0.717, 1.165) is 36.4 Å². The maximum Gasteiger partial charge on any atom is 0.159 e. The molecule has 0 aliphatic carbocycles. The molecule has 1 heterocycles. The molecule has 0 aliphatic rings. The van der Waals surface area contributed by atoms with Crippen molar-refractivity contribution in [2.75, 3.05) is 6.61 Å². The standard InChI is InChI=1S/C29H45FN2O/c1-4-6-7-8-9-10-11-14-25-22-31-29(32-23-25)26-16-18-28(19-17-26)33-21-20-27(30)15-12-13-24(3)5-2/h16-19,22-24,27H,4-15,20-21H2,1-3H3. The monoisotopic (exact) mass is 456 g/mol. The van der Waals surface area contributed by atoms with Crippen LogP contribution in [0.1, 0.15) is 103 Å². The van der Waals surface area contributed by atoms with E-state index in [1.165, 1.54) is 56.9 Å². The van der Waals surface area contributed by atoms with Crippen molar-refractivity contribution < 1.29 is 9.13 Å². The van der Waals surface area contributed by atoms with Gasteiger partial charge in [0.2, 0.25) is 0 Å². The van der Waals surface area contributed by atoms with Crippen LogP contribution >= 0.6 is 0 Å². The van der Waals surface area contributed by atoms with E-state index in [1.807, 2.05) is 36.7 Å². The Morgan fingerprint density at radius 3 is 2.15 bits per heavy atom. The van der Waals surface area contributed by atoms with Crippen LogP contribution in [0, 0.1) is 5.92 Å². The van der Waals surface area contributed by atoms with Gasteiger partial charge in [-0.05, 0) is 55.0 Å². The molecule has 2 aromatic rings. The van der Waals surface area contributed by atoms with E-state index in [2.05, 4.69) is 30.7 Å². The smallest absolute Gasteiger partial charge is 0.159 e. The third-order valence-corrected chi connectivity index (χ3v) is 6.50. The molecule has 0 saturated carbocycles. The molecule has 0 fully saturated rings. The number of aromatic nitrogens is 2. The Kier molecular flexibility index (Phi) is 13.7. The van der Waals surface area contributed by atoms with Crippen molar-refractivity contribution in [3.63, 3.8) is 0 Å². The predicted octanol–water partition coefficient (Wildman–Crippen LogP) is 8.76. The molecule has 1 aromatic carbocycles. The largest absolute Gasteiger partial charge is 0.493 e. The fraction of sp³-hybridized carbons (Fsp3) is 0.655. The van der Waals surface area contributed by atoms with Crippen LogP contribution in [0.5, 0.6) is 5.75 Å². The summed E-state index contributed by atoms with van der Waals surface area (Å²) in [5.74, 6) is 2.19. The summed E-state index contributed by atoms with van der Waals surface area (Å²) in [6, 6.07) is 7.78. The van der Waals surface area contributed by atoms with Gasteiger partial charge in [0.25, 0.3) is 0 Å². The summed E-state index contributed by atoms with van der Waals surface area (Å²) >= 11 is 0. The molecular formula is C29H45FN2O. The van der Waals surface area contributed by atoms with Gasteiger partial charge in [-0.2, -0.15) is 0 Å². The number of hydrogen-bond acceptors (Lipinski definition) is 3. The molecule has 2 rings (SSSR count). The summed E-state index contributed by atoms with van der Waals surface area (Å²) in [6.45, 7) is 7.09. The number of rotatable bonds is 18. The SMILES string of the molecule is CCCCCCCCCc1cnc(-c2ccc(OCCC(F)CCCC(C)CC)cc2)nc1. The number of ether oxygens (including phenoxy) is 1. The van der Waals surface area contributed by atoms with Crippen LogP contribution in [0.4, 0.5) is 4.39 Å². The molecule has 0 bridgehead atoms. The first-order chi connectivity index (χ1) is 16.1. The zero-order valence-corrected chi connectivity index (χ0v) is 21.2. The summed E-state index contributed by atoms with van der Waals surface area (Å²) in [7, 11) is 0. The van der Waals surface area contributed by atoms with Gasteiger partial charge >= 0.3 is 0 Å². The first kappa shape index (κ1) is 27.3. The van der Waals surface area contributed by atoms with Crippen molar-refractivity contribution in [2.24, 2.45) is 5.92 Å². The molecule has 33 heavy (non-hydrogen) atoms. The number of aryl methyl sites for hydroxylation is 1. The number of halogens is 1. The molecule has 3 nitrogen and oxygen atoms in total. The molecule has 0 saturated heterocycles. The molecule has 4 heteroatoms. The molecule has 1 aromatic heterocycles. The first-order valence-electron chi connectivity index (χ1n) is 13.3. The first-order valence-corrected chi connectivity index (χ1v) is 13.3. The lowest BCUT2D eigenvalue weighted by Crippen LogP contribution is -2.08. The Labute approximate surface area is 201 Å². The van der Waals surface area contributed by atoms with E-state index >= 15 is 0 Å². The molecule has 0 aliphatic heterocycles. The number of unbranched alkanes of at least 4 members (excludes halogenated alkanes) is 6. The third-order valence-electron chi connectivity index (χ3n) is 6.50. The minimum Gasteiger partial charge on any atom is -0.493 e. The molecule has 0 radical (unpaired) electrons. The second-order valence-electron chi connectivity index (χ2n) is 9.49. The van der Waals surface area contributed by atoms with Gasteiger partial charge in [-0.1, -0.05) is 78.6 Å². The Balaban J connectivity index is 1.66. The lowest BCUT2D eigenvalue weighted by Gasteiger charge is -2.12. The molecule has 2 atom stereocenters. The predicted molar refractivity (Wildman–Crippen MR) is 137 cm³/mol. The van der Waals surface area contributed by atoms with Crippen molar-refractivity contribution in [3.8, 4) is 17.1 Å². The average molecular weight is 457 g/mol. The van der Waals surface area contributed by atoms with E-state index in [-0.39, 0.29) is 0 Å². The molecule has 0 amide bonds. The highest BCUT2D eigenvalue weighted by Gasteiger charge is 2.09. The van der Waals surface area contributed by atoms with Crippen molar-refractivity contribution >= 4 is 0 Å². The van der Waals surface area contributed by atoms with Crippen LogP contribution in [-0.4, -0.2) is 22.7 Å². The van der Waals surface area contributed by atoms with E-state index in [9.17, 15) is 4.39 Å². The molecule has 184 valence electrons. The van der Waals surface area contributed by atoms with Crippen LogP contribution in [0.3, 0.4) is 0 Å². The van der Waals surface area contributed by atoms with E-state index < -0.39 is 6.17 Å². The van der Waals surface area contributed by atoms with E-state index in [4.69, 9.17) is 4.74 Å². The third kappa shape index (κ3) is 11.6. The highest BCUT2D eigenvalue weighted by Crippen LogP contribution is 2.21. The van der Waals surface area contributed by atoms with Crippen LogP contribution in [0.15, 0.2) is 36.7 Å². The van der Waals surface area contributed by atoms with Gasteiger partial charge in [0.15, 0.2) is 5.82 Å². The number of alkyl halides is 1. The van der Waals surface area contributed by atoms with Gasteiger partial charge in [0.1, 0.15) is 11.9 Å². The van der Waals surface area contributed by atoms with Gasteiger partial charge in [-0.3, -0.25) is 0 Å². The van der Waals surface area contributed by atoms with E-state index in [1.54, 1.807) is 0 Å². The summed E-state index contributed by atoms with van der Waals surface area (Å²) < 4.78 is 19.8. The second kappa shape index (κ2) is 16.6. The van der Waals surface area contributed by atoms with Gasteiger partial charge in [0, 0.05) is 24.4 Å². The van der Waals surface area contributed by atoms with E-state index in [0.29, 0.717) is 25.4 Å². The fourth-order valence-electron chi connectivity index (χ4n) is 3.96. The normalized spacial score (nSPS) is 13.1. The zero-order valence-electron chi connectivity index (χ0n) is 21.2. The Hall–Kier alpha value is -1.97. The Morgan fingerprint density at radius 2 is 1.48 bits per heavy atom. The summed E-state index contributed by atoms with van der Waals surface area (Å²) in [5.41, 5.74) is 2.18. The van der Waals surface area contributed by atoms with Crippen LogP contribution < -0.4 is 4.74 Å². The van der Waals surface area contributed by atoms with Crippen molar-refractivity contribution in [1.29, 1.82) is 0 Å². The van der Waals surface area contributed by atoms with Crippen molar-refractivity contribution in [1.82, 2.24) is 9.97 Å². The summed E-state index contributed by atoms with van der Waals surface area (Å²) in [5, 5.41) is 0. The van der Waals surface area contributed by atoms with Crippen LogP contribution in [0.25, 0.3) is 11.4 Å². The lowest BCUT2D eigenvalue weighted by atomic mass is 10.00. The van der Waals surface area contributed by atoms with Crippen LogP contribution in [-0.2, 0) is 6.42 Å². The Bertz CT molecular complexity index is 732. The lowest BCUT2D eigenvalue weighted by molar-refractivity contribution is 0.220. The van der Waals surface area contributed by atoms with Gasteiger partial charge in [0.05, 0.1) is 6.61 Å². The number of nitrogens with zero attached hydrogens (tertiary/aromatic N) is 2. The maximum atomic E-state index is 14.0.